The van der Waals surface area contributed by atoms with Crippen LogP contribution in [-0.2, 0) is 6.61 Å². The van der Waals surface area contributed by atoms with Gasteiger partial charge in [-0.2, -0.15) is 5.26 Å². The molecule has 4 rings (SSSR count). The quantitative estimate of drug-likeness (QED) is 0.645. The van der Waals surface area contributed by atoms with Gasteiger partial charge in [0.1, 0.15) is 18.4 Å². The summed E-state index contributed by atoms with van der Waals surface area (Å²) in [6.45, 7) is 0.426. The number of fused-ring (bicyclic) bond motifs is 3. The molecule has 2 heterocycles. The lowest BCUT2D eigenvalue weighted by atomic mass is 9.98. The number of benzene rings is 2. The molecule has 0 fully saturated rings. The van der Waals surface area contributed by atoms with Crippen molar-refractivity contribution in [1.82, 2.24) is 4.98 Å². The molecule has 0 atom stereocenters. The number of pyridine rings is 1. The van der Waals surface area contributed by atoms with E-state index in [4.69, 9.17) is 21.3 Å². The first-order valence-electron chi connectivity index (χ1n) is 7.18. The average Bonchev–Trinajstić information content (AvgIpc) is 2.61. The van der Waals surface area contributed by atoms with Gasteiger partial charge in [-0.05, 0) is 30.3 Å². The van der Waals surface area contributed by atoms with Crippen LogP contribution in [-0.4, -0.2) is 4.98 Å². The minimum absolute atomic E-state index is 0.426. The SMILES string of the molecule is N#Cc1cc2c(nc1-c1ccc(Cl)cc1)-c1ccccc1OC2. The van der Waals surface area contributed by atoms with Crippen LogP contribution >= 0.6 is 11.6 Å². The molecule has 1 aromatic heterocycles. The van der Waals surface area contributed by atoms with Gasteiger partial charge < -0.3 is 4.74 Å². The predicted molar refractivity (Wildman–Crippen MR) is 89.2 cm³/mol. The third kappa shape index (κ3) is 2.34. The van der Waals surface area contributed by atoms with Crippen molar-refractivity contribution in [3.05, 3.63) is 70.7 Å². The first-order valence-corrected chi connectivity index (χ1v) is 7.56. The number of nitriles is 1. The van der Waals surface area contributed by atoms with E-state index in [0.717, 1.165) is 28.1 Å². The highest BCUT2D eigenvalue weighted by molar-refractivity contribution is 6.30. The lowest BCUT2D eigenvalue weighted by Crippen LogP contribution is -2.08. The van der Waals surface area contributed by atoms with Crippen molar-refractivity contribution in [3.8, 4) is 34.3 Å². The maximum absolute atomic E-state index is 9.47. The molecule has 0 saturated carbocycles. The van der Waals surface area contributed by atoms with Gasteiger partial charge in [0.2, 0.25) is 0 Å². The minimum atomic E-state index is 0.426. The maximum atomic E-state index is 9.47. The molecular formula is C19H11ClN2O. The molecule has 0 unspecified atom stereocenters. The highest BCUT2D eigenvalue weighted by Crippen LogP contribution is 2.38. The number of aromatic nitrogens is 1. The third-order valence-corrected chi connectivity index (χ3v) is 4.12. The Morgan fingerprint density at radius 2 is 1.83 bits per heavy atom. The predicted octanol–water partition coefficient (Wildman–Crippen LogP) is 4.83. The Morgan fingerprint density at radius 1 is 1.04 bits per heavy atom. The highest BCUT2D eigenvalue weighted by Gasteiger charge is 2.21. The van der Waals surface area contributed by atoms with Crippen molar-refractivity contribution < 1.29 is 4.74 Å². The van der Waals surface area contributed by atoms with Gasteiger partial charge in [-0.25, -0.2) is 4.98 Å². The molecule has 4 heteroatoms. The minimum Gasteiger partial charge on any atom is -0.488 e. The lowest BCUT2D eigenvalue weighted by molar-refractivity contribution is 0.301. The van der Waals surface area contributed by atoms with Crippen LogP contribution in [0.4, 0.5) is 0 Å². The fourth-order valence-corrected chi connectivity index (χ4v) is 2.88. The molecule has 1 aliphatic heterocycles. The molecule has 0 aliphatic carbocycles. The molecule has 23 heavy (non-hydrogen) atoms. The van der Waals surface area contributed by atoms with Gasteiger partial charge in [0.15, 0.2) is 0 Å². The van der Waals surface area contributed by atoms with Gasteiger partial charge in [-0.1, -0.05) is 35.9 Å². The Morgan fingerprint density at radius 3 is 2.61 bits per heavy atom. The standard InChI is InChI=1S/C19H11ClN2O/c20-15-7-5-12(6-8-15)18-13(10-21)9-14-11-23-17-4-2-1-3-16(17)19(14)22-18/h1-9H,11H2. The summed E-state index contributed by atoms with van der Waals surface area (Å²) in [5.74, 6) is 0.819. The smallest absolute Gasteiger partial charge is 0.129 e. The van der Waals surface area contributed by atoms with E-state index in [1.54, 1.807) is 12.1 Å². The zero-order valence-electron chi connectivity index (χ0n) is 12.1. The summed E-state index contributed by atoms with van der Waals surface area (Å²) in [4.78, 5) is 4.78. The Kier molecular flexibility index (Phi) is 3.25. The van der Waals surface area contributed by atoms with Crippen LogP contribution in [0.2, 0.25) is 5.02 Å². The van der Waals surface area contributed by atoms with Crippen LogP contribution in [0.5, 0.6) is 5.75 Å². The Labute approximate surface area is 138 Å². The van der Waals surface area contributed by atoms with Crippen LogP contribution in [0.1, 0.15) is 11.1 Å². The van der Waals surface area contributed by atoms with Gasteiger partial charge in [0.05, 0.1) is 17.0 Å². The fourth-order valence-electron chi connectivity index (χ4n) is 2.75. The molecule has 0 bridgehead atoms. The molecule has 0 spiro atoms. The zero-order valence-corrected chi connectivity index (χ0v) is 12.8. The average molecular weight is 319 g/mol. The number of hydrogen-bond acceptors (Lipinski definition) is 3. The molecule has 1 aliphatic rings. The summed E-state index contributed by atoms with van der Waals surface area (Å²) in [6, 6.07) is 19.3. The van der Waals surface area contributed by atoms with Crippen LogP contribution < -0.4 is 4.74 Å². The molecular weight excluding hydrogens is 308 g/mol. The number of rotatable bonds is 1. The van der Waals surface area contributed by atoms with Crippen molar-refractivity contribution in [2.45, 2.75) is 6.61 Å². The number of nitrogens with zero attached hydrogens (tertiary/aromatic N) is 2. The van der Waals surface area contributed by atoms with Crippen LogP contribution in [0.25, 0.3) is 22.5 Å². The fraction of sp³-hybridized carbons (Fsp3) is 0.0526. The molecule has 3 nitrogen and oxygen atoms in total. The molecule has 3 aromatic rings. The van der Waals surface area contributed by atoms with Crippen molar-refractivity contribution in [1.29, 1.82) is 5.26 Å². The number of para-hydroxylation sites is 1. The lowest BCUT2D eigenvalue weighted by Gasteiger charge is -2.21. The van der Waals surface area contributed by atoms with Gasteiger partial charge in [-0.15, -0.1) is 0 Å². The van der Waals surface area contributed by atoms with Crippen LogP contribution in [0, 0.1) is 11.3 Å². The second-order valence-corrected chi connectivity index (χ2v) is 5.73. The van der Waals surface area contributed by atoms with Gasteiger partial charge in [0, 0.05) is 21.7 Å². The molecule has 0 N–H and O–H groups in total. The largest absolute Gasteiger partial charge is 0.488 e. The van der Waals surface area contributed by atoms with Crippen LogP contribution in [0.15, 0.2) is 54.6 Å². The van der Waals surface area contributed by atoms with Gasteiger partial charge in [0.25, 0.3) is 0 Å². The topological polar surface area (TPSA) is 45.9 Å². The molecule has 2 aromatic carbocycles. The third-order valence-electron chi connectivity index (χ3n) is 3.86. The Hall–Kier alpha value is -2.83. The zero-order chi connectivity index (χ0) is 15.8. The summed E-state index contributed by atoms with van der Waals surface area (Å²) in [6.07, 6.45) is 0. The van der Waals surface area contributed by atoms with Crippen molar-refractivity contribution in [2.24, 2.45) is 0 Å². The van der Waals surface area contributed by atoms with E-state index in [1.165, 1.54) is 0 Å². The summed E-state index contributed by atoms with van der Waals surface area (Å²) in [5.41, 5.74) is 4.83. The molecule has 0 amide bonds. The Bertz CT molecular complexity index is 943. The van der Waals surface area contributed by atoms with Crippen molar-refractivity contribution >= 4 is 11.6 Å². The number of halogens is 1. The highest BCUT2D eigenvalue weighted by atomic mass is 35.5. The Balaban J connectivity index is 1.95. The van der Waals surface area contributed by atoms with Gasteiger partial charge in [-0.3, -0.25) is 0 Å². The summed E-state index contributed by atoms with van der Waals surface area (Å²) >= 11 is 5.95. The normalized spacial score (nSPS) is 11.8. The maximum Gasteiger partial charge on any atom is 0.129 e. The number of hydrogen-bond donors (Lipinski definition) is 0. The summed E-state index contributed by atoms with van der Waals surface area (Å²) < 4.78 is 5.74. The van der Waals surface area contributed by atoms with E-state index in [9.17, 15) is 5.26 Å². The first kappa shape index (κ1) is 13.8. The summed E-state index contributed by atoms with van der Waals surface area (Å²) in [5, 5.41) is 10.1. The van der Waals surface area contributed by atoms with Crippen molar-refractivity contribution in [3.63, 3.8) is 0 Å². The monoisotopic (exact) mass is 318 g/mol. The molecule has 0 radical (unpaired) electrons. The van der Waals surface area contributed by atoms with Crippen molar-refractivity contribution in [2.75, 3.05) is 0 Å². The van der Waals surface area contributed by atoms with Gasteiger partial charge >= 0.3 is 0 Å². The second kappa shape index (κ2) is 5.42. The summed E-state index contributed by atoms with van der Waals surface area (Å²) in [7, 11) is 0. The van der Waals surface area contributed by atoms with E-state index >= 15 is 0 Å². The van der Waals surface area contributed by atoms with E-state index in [2.05, 4.69) is 6.07 Å². The second-order valence-electron chi connectivity index (χ2n) is 5.30. The van der Waals surface area contributed by atoms with E-state index in [0.29, 0.717) is 22.9 Å². The molecule has 110 valence electrons. The first-order chi connectivity index (χ1) is 11.3. The van der Waals surface area contributed by atoms with E-state index < -0.39 is 0 Å². The van der Waals surface area contributed by atoms with E-state index in [1.807, 2.05) is 42.5 Å². The van der Waals surface area contributed by atoms with Crippen LogP contribution in [0.3, 0.4) is 0 Å². The number of ether oxygens (including phenoxy) is 1. The van der Waals surface area contributed by atoms with E-state index in [-0.39, 0.29) is 0 Å². The molecule has 0 saturated heterocycles.